The minimum Gasteiger partial charge on any atom is -0.314 e. The molecule has 0 aliphatic carbocycles. The highest BCUT2D eigenvalue weighted by Gasteiger charge is 2.13. The average Bonchev–Trinajstić information content (AvgIpc) is 2.96. The minimum atomic E-state index is 0.546. The standard InChI is InChI=1S/C15H19N7/c1-11-14(7-16)12(2)20-15(19-11)22-9-13(18-10-22)8-21-5-3-17-4-6-21/h9-10,17H,3-6,8H2,1-2H3. The van der Waals surface area contributed by atoms with Crippen LogP contribution in [0.3, 0.4) is 0 Å². The molecule has 7 heteroatoms. The van der Waals surface area contributed by atoms with Gasteiger partial charge in [-0.15, -0.1) is 0 Å². The maximum Gasteiger partial charge on any atom is 0.235 e. The van der Waals surface area contributed by atoms with Gasteiger partial charge >= 0.3 is 0 Å². The predicted molar refractivity (Wildman–Crippen MR) is 81.5 cm³/mol. The van der Waals surface area contributed by atoms with E-state index in [1.54, 1.807) is 6.33 Å². The number of hydrogen-bond donors (Lipinski definition) is 1. The first-order valence-corrected chi connectivity index (χ1v) is 7.39. The Balaban J connectivity index is 1.80. The lowest BCUT2D eigenvalue weighted by Gasteiger charge is -2.26. The molecule has 1 N–H and O–H groups in total. The zero-order valence-electron chi connectivity index (χ0n) is 12.9. The molecule has 3 rings (SSSR count). The molecule has 0 atom stereocenters. The SMILES string of the molecule is Cc1nc(-n2cnc(CN3CCNCC3)c2)nc(C)c1C#N. The summed E-state index contributed by atoms with van der Waals surface area (Å²) in [5.74, 6) is 0.563. The number of piperazine rings is 1. The van der Waals surface area contributed by atoms with E-state index in [4.69, 9.17) is 5.26 Å². The van der Waals surface area contributed by atoms with Gasteiger partial charge in [0.05, 0.1) is 22.6 Å². The van der Waals surface area contributed by atoms with Gasteiger partial charge < -0.3 is 5.32 Å². The predicted octanol–water partition coefficient (Wildman–Crippen LogP) is 0.556. The first-order chi connectivity index (χ1) is 10.7. The lowest BCUT2D eigenvalue weighted by atomic mass is 10.2. The fourth-order valence-corrected chi connectivity index (χ4v) is 2.63. The van der Waals surface area contributed by atoms with Crippen LogP contribution in [0.1, 0.15) is 22.6 Å². The van der Waals surface area contributed by atoms with Crippen LogP contribution in [0.4, 0.5) is 0 Å². The first kappa shape index (κ1) is 14.6. The molecule has 114 valence electrons. The van der Waals surface area contributed by atoms with Crippen LogP contribution in [0.5, 0.6) is 0 Å². The summed E-state index contributed by atoms with van der Waals surface area (Å²) >= 11 is 0. The van der Waals surface area contributed by atoms with Crippen LogP contribution in [0.15, 0.2) is 12.5 Å². The number of nitrogens with one attached hydrogen (secondary N) is 1. The van der Waals surface area contributed by atoms with Crippen LogP contribution in [0.2, 0.25) is 0 Å². The lowest BCUT2D eigenvalue weighted by Crippen LogP contribution is -2.42. The number of rotatable bonds is 3. The van der Waals surface area contributed by atoms with Crippen LogP contribution in [0.25, 0.3) is 5.95 Å². The molecule has 1 aliphatic heterocycles. The molecule has 0 aromatic carbocycles. The number of nitriles is 1. The Morgan fingerprint density at radius 1 is 1.23 bits per heavy atom. The molecule has 22 heavy (non-hydrogen) atoms. The van der Waals surface area contributed by atoms with Gasteiger partial charge in [0.1, 0.15) is 12.4 Å². The van der Waals surface area contributed by atoms with E-state index in [0.717, 1.165) is 38.4 Å². The summed E-state index contributed by atoms with van der Waals surface area (Å²) < 4.78 is 1.82. The topological polar surface area (TPSA) is 82.7 Å². The van der Waals surface area contributed by atoms with Crippen molar-refractivity contribution in [2.45, 2.75) is 20.4 Å². The molecule has 1 aliphatic rings. The van der Waals surface area contributed by atoms with Crippen LogP contribution < -0.4 is 5.32 Å². The molecule has 0 radical (unpaired) electrons. The summed E-state index contributed by atoms with van der Waals surface area (Å²) in [5.41, 5.74) is 2.94. The van der Waals surface area contributed by atoms with Gasteiger partial charge in [-0.1, -0.05) is 0 Å². The molecule has 0 bridgehead atoms. The highest BCUT2D eigenvalue weighted by Crippen LogP contribution is 2.12. The number of nitrogens with zero attached hydrogens (tertiary/aromatic N) is 6. The number of hydrogen-bond acceptors (Lipinski definition) is 6. The second kappa shape index (κ2) is 6.22. The molecule has 7 nitrogen and oxygen atoms in total. The van der Waals surface area contributed by atoms with Crippen molar-refractivity contribution in [3.8, 4) is 12.0 Å². The van der Waals surface area contributed by atoms with Crippen molar-refractivity contribution in [3.05, 3.63) is 35.2 Å². The van der Waals surface area contributed by atoms with Gasteiger partial charge in [-0.3, -0.25) is 9.47 Å². The summed E-state index contributed by atoms with van der Waals surface area (Å²) in [6, 6.07) is 2.14. The van der Waals surface area contributed by atoms with E-state index in [-0.39, 0.29) is 0 Å². The molecule has 2 aromatic heterocycles. The third-order valence-corrected chi connectivity index (χ3v) is 3.83. The van der Waals surface area contributed by atoms with Gasteiger partial charge in [0.15, 0.2) is 0 Å². The molecule has 0 amide bonds. The summed E-state index contributed by atoms with van der Waals surface area (Å²) in [5, 5.41) is 12.4. The first-order valence-electron chi connectivity index (χ1n) is 7.39. The second-order valence-electron chi connectivity index (χ2n) is 5.48. The van der Waals surface area contributed by atoms with Gasteiger partial charge in [0, 0.05) is 38.9 Å². The monoisotopic (exact) mass is 297 g/mol. The largest absolute Gasteiger partial charge is 0.314 e. The summed E-state index contributed by atoms with van der Waals surface area (Å²) in [4.78, 5) is 15.6. The van der Waals surface area contributed by atoms with Gasteiger partial charge in [0.25, 0.3) is 0 Å². The maximum absolute atomic E-state index is 9.09. The quantitative estimate of drug-likeness (QED) is 0.891. The molecule has 0 spiro atoms. The third-order valence-electron chi connectivity index (χ3n) is 3.83. The number of imidazole rings is 1. The van der Waals surface area contributed by atoms with Crippen molar-refractivity contribution >= 4 is 0 Å². The minimum absolute atomic E-state index is 0.546. The van der Waals surface area contributed by atoms with E-state index in [2.05, 4.69) is 31.2 Å². The normalized spacial score (nSPS) is 15.7. The summed E-state index contributed by atoms with van der Waals surface area (Å²) in [6.07, 6.45) is 3.69. The highest BCUT2D eigenvalue weighted by molar-refractivity contribution is 5.38. The Labute approximate surface area is 129 Å². The summed E-state index contributed by atoms with van der Waals surface area (Å²) in [7, 11) is 0. The van der Waals surface area contributed by atoms with Crippen molar-refractivity contribution in [2.75, 3.05) is 26.2 Å². The fourth-order valence-electron chi connectivity index (χ4n) is 2.63. The molecule has 3 heterocycles. The van der Waals surface area contributed by atoms with E-state index in [9.17, 15) is 0 Å². The van der Waals surface area contributed by atoms with Crippen LogP contribution >= 0.6 is 0 Å². The van der Waals surface area contributed by atoms with Crippen LogP contribution in [-0.2, 0) is 6.54 Å². The molecular weight excluding hydrogens is 278 g/mol. The van der Waals surface area contributed by atoms with Crippen LogP contribution in [0, 0.1) is 25.2 Å². The van der Waals surface area contributed by atoms with E-state index < -0.39 is 0 Å². The van der Waals surface area contributed by atoms with E-state index in [1.807, 2.05) is 24.6 Å². The Kier molecular flexibility index (Phi) is 4.13. The third kappa shape index (κ3) is 2.98. The Morgan fingerprint density at radius 2 is 1.91 bits per heavy atom. The van der Waals surface area contributed by atoms with Crippen molar-refractivity contribution in [2.24, 2.45) is 0 Å². The Morgan fingerprint density at radius 3 is 2.55 bits per heavy atom. The number of aromatic nitrogens is 4. The lowest BCUT2D eigenvalue weighted by molar-refractivity contribution is 0.231. The van der Waals surface area contributed by atoms with Gasteiger partial charge in [0.2, 0.25) is 5.95 Å². The smallest absolute Gasteiger partial charge is 0.235 e. The van der Waals surface area contributed by atoms with Crippen molar-refractivity contribution < 1.29 is 0 Å². The van der Waals surface area contributed by atoms with Gasteiger partial charge in [-0.25, -0.2) is 15.0 Å². The molecule has 1 saturated heterocycles. The maximum atomic E-state index is 9.09. The zero-order valence-corrected chi connectivity index (χ0v) is 12.9. The number of aryl methyl sites for hydroxylation is 2. The van der Waals surface area contributed by atoms with E-state index >= 15 is 0 Å². The second-order valence-corrected chi connectivity index (χ2v) is 5.48. The Hall–Kier alpha value is -2.30. The highest BCUT2D eigenvalue weighted by atomic mass is 15.2. The van der Waals surface area contributed by atoms with E-state index in [0.29, 0.717) is 22.9 Å². The van der Waals surface area contributed by atoms with Crippen LogP contribution in [-0.4, -0.2) is 50.6 Å². The molecule has 0 saturated carbocycles. The summed E-state index contributed by atoms with van der Waals surface area (Å²) in [6.45, 7) is 8.63. The molecular formula is C15H19N7. The van der Waals surface area contributed by atoms with Gasteiger partial charge in [-0.05, 0) is 13.8 Å². The van der Waals surface area contributed by atoms with E-state index in [1.165, 1.54) is 0 Å². The Bertz CT molecular complexity index is 684. The van der Waals surface area contributed by atoms with Crippen molar-refractivity contribution in [3.63, 3.8) is 0 Å². The van der Waals surface area contributed by atoms with Gasteiger partial charge in [-0.2, -0.15) is 5.26 Å². The molecule has 0 unspecified atom stereocenters. The zero-order chi connectivity index (χ0) is 15.5. The van der Waals surface area contributed by atoms with Crippen molar-refractivity contribution in [1.29, 1.82) is 5.26 Å². The molecule has 1 fully saturated rings. The van der Waals surface area contributed by atoms with Crippen molar-refractivity contribution in [1.82, 2.24) is 29.7 Å². The average molecular weight is 297 g/mol. The molecule has 2 aromatic rings. The fraction of sp³-hybridized carbons (Fsp3) is 0.467.